The average molecular weight is 233 g/mol. The summed E-state index contributed by atoms with van der Waals surface area (Å²) in [4.78, 5) is 12.0. The number of nitrogens with one attached hydrogen (secondary N) is 1. The Morgan fingerprint density at radius 2 is 2.29 bits per heavy atom. The number of aromatic nitrogens is 4. The molecule has 0 aliphatic rings. The average Bonchev–Trinajstić information content (AvgIpc) is 2.88. The molecule has 0 aliphatic heterocycles. The van der Waals surface area contributed by atoms with Crippen LogP contribution in [-0.4, -0.2) is 25.5 Å². The lowest BCUT2D eigenvalue weighted by Gasteiger charge is -2.12. The normalized spacial score (nSPS) is 12.4. The highest BCUT2D eigenvalue weighted by Gasteiger charge is 2.16. The Bertz CT molecular complexity index is 514. The maximum absolute atomic E-state index is 12.0. The Morgan fingerprint density at radius 1 is 1.53 bits per heavy atom. The molecule has 2 aromatic heterocycles. The van der Waals surface area contributed by atoms with Gasteiger partial charge in [0.1, 0.15) is 11.9 Å². The first-order chi connectivity index (χ1) is 8.08. The third kappa shape index (κ3) is 2.35. The van der Waals surface area contributed by atoms with E-state index in [0.29, 0.717) is 5.82 Å². The van der Waals surface area contributed by atoms with Crippen LogP contribution in [0.4, 0.5) is 5.82 Å². The van der Waals surface area contributed by atoms with Crippen molar-refractivity contribution in [2.45, 2.75) is 19.9 Å². The molecule has 6 nitrogen and oxygen atoms in total. The van der Waals surface area contributed by atoms with E-state index < -0.39 is 0 Å². The zero-order chi connectivity index (χ0) is 12.4. The predicted molar refractivity (Wildman–Crippen MR) is 63.5 cm³/mol. The fourth-order valence-electron chi connectivity index (χ4n) is 1.59. The lowest BCUT2D eigenvalue weighted by Crippen LogP contribution is -2.25. The van der Waals surface area contributed by atoms with Crippen LogP contribution in [0.1, 0.15) is 18.7 Å². The van der Waals surface area contributed by atoms with Gasteiger partial charge >= 0.3 is 0 Å². The van der Waals surface area contributed by atoms with Crippen molar-refractivity contribution in [1.82, 2.24) is 19.6 Å². The van der Waals surface area contributed by atoms with Crippen LogP contribution in [0.15, 0.2) is 24.5 Å². The van der Waals surface area contributed by atoms with E-state index in [0.717, 1.165) is 5.69 Å². The highest BCUT2D eigenvalue weighted by Crippen LogP contribution is 2.11. The second-order valence-electron chi connectivity index (χ2n) is 3.95. The summed E-state index contributed by atoms with van der Waals surface area (Å²) in [5.74, 6) is 0.572. The van der Waals surface area contributed by atoms with E-state index in [2.05, 4.69) is 15.5 Å². The molecule has 2 aromatic rings. The molecule has 0 fully saturated rings. The van der Waals surface area contributed by atoms with Gasteiger partial charge in [-0.05, 0) is 19.9 Å². The highest BCUT2D eigenvalue weighted by atomic mass is 16.2. The van der Waals surface area contributed by atoms with Crippen LogP contribution in [0.5, 0.6) is 0 Å². The maximum Gasteiger partial charge on any atom is 0.250 e. The predicted octanol–water partition coefficient (Wildman–Crippen LogP) is 1.12. The smallest absolute Gasteiger partial charge is 0.250 e. The quantitative estimate of drug-likeness (QED) is 0.864. The largest absolute Gasteiger partial charge is 0.309 e. The molecule has 0 radical (unpaired) electrons. The van der Waals surface area contributed by atoms with E-state index in [1.54, 1.807) is 41.8 Å². The van der Waals surface area contributed by atoms with Gasteiger partial charge in [0.2, 0.25) is 5.91 Å². The van der Waals surface area contributed by atoms with Crippen molar-refractivity contribution in [2.24, 2.45) is 7.05 Å². The molecular weight excluding hydrogens is 218 g/mol. The number of anilines is 1. The van der Waals surface area contributed by atoms with Crippen molar-refractivity contribution in [2.75, 3.05) is 5.32 Å². The van der Waals surface area contributed by atoms with Crippen molar-refractivity contribution in [3.05, 3.63) is 30.2 Å². The van der Waals surface area contributed by atoms with Crippen molar-refractivity contribution in [3.63, 3.8) is 0 Å². The molecule has 1 amide bonds. The van der Waals surface area contributed by atoms with Gasteiger partial charge < -0.3 is 5.32 Å². The molecule has 90 valence electrons. The first kappa shape index (κ1) is 11.4. The molecule has 6 heteroatoms. The Hall–Kier alpha value is -2.11. The summed E-state index contributed by atoms with van der Waals surface area (Å²) in [6, 6.07) is 3.27. The van der Waals surface area contributed by atoms with Gasteiger partial charge in [0.25, 0.3) is 0 Å². The minimum absolute atomic E-state index is 0.114. The number of amides is 1. The summed E-state index contributed by atoms with van der Waals surface area (Å²) in [5.41, 5.74) is 0.870. The van der Waals surface area contributed by atoms with E-state index in [1.165, 1.54) is 0 Å². The molecule has 1 unspecified atom stereocenters. The SMILES string of the molecule is Cc1cc(NC(=O)C(C)n2cccn2)n(C)n1. The molecule has 2 rings (SSSR count). The van der Waals surface area contributed by atoms with Crippen LogP contribution in [0.2, 0.25) is 0 Å². The van der Waals surface area contributed by atoms with Crippen molar-refractivity contribution in [3.8, 4) is 0 Å². The molecule has 17 heavy (non-hydrogen) atoms. The zero-order valence-corrected chi connectivity index (χ0v) is 10.1. The van der Waals surface area contributed by atoms with Crippen LogP contribution >= 0.6 is 0 Å². The summed E-state index contributed by atoms with van der Waals surface area (Å²) in [6.45, 7) is 3.68. The summed E-state index contributed by atoms with van der Waals surface area (Å²) in [5, 5.41) is 11.0. The standard InChI is InChI=1S/C11H15N5O/c1-8-7-10(15(3)14-8)13-11(17)9(2)16-6-4-5-12-16/h4-7,9H,1-3H3,(H,13,17). The minimum Gasteiger partial charge on any atom is -0.309 e. The van der Waals surface area contributed by atoms with E-state index in [1.807, 2.05) is 13.0 Å². The highest BCUT2D eigenvalue weighted by molar-refractivity contribution is 5.92. The fraction of sp³-hybridized carbons (Fsp3) is 0.364. The second-order valence-corrected chi connectivity index (χ2v) is 3.95. The topological polar surface area (TPSA) is 64.7 Å². The van der Waals surface area contributed by atoms with E-state index in [9.17, 15) is 4.79 Å². The van der Waals surface area contributed by atoms with Crippen LogP contribution in [0.3, 0.4) is 0 Å². The number of nitrogens with zero attached hydrogens (tertiary/aromatic N) is 4. The van der Waals surface area contributed by atoms with Gasteiger partial charge in [-0.25, -0.2) is 0 Å². The molecular formula is C11H15N5O. The van der Waals surface area contributed by atoms with Crippen LogP contribution < -0.4 is 5.32 Å². The second kappa shape index (κ2) is 4.40. The van der Waals surface area contributed by atoms with Crippen LogP contribution in [0.25, 0.3) is 0 Å². The fourth-order valence-corrected chi connectivity index (χ4v) is 1.59. The molecule has 0 saturated heterocycles. The Morgan fingerprint density at radius 3 is 2.82 bits per heavy atom. The van der Waals surface area contributed by atoms with Crippen molar-refractivity contribution >= 4 is 11.7 Å². The van der Waals surface area contributed by atoms with Gasteiger partial charge in [-0.15, -0.1) is 0 Å². The lowest BCUT2D eigenvalue weighted by molar-refractivity contribution is -0.119. The number of hydrogen-bond donors (Lipinski definition) is 1. The van der Waals surface area contributed by atoms with E-state index in [-0.39, 0.29) is 11.9 Å². The van der Waals surface area contributed by atoms with Crippen LogP contribution in [0, 0.1) is 6.92 Å². The maximum atomic E-state index is 12.0. The zero-order valence-electron chi connectivity index (χ0n) is 10.1. The van der Waals surface area contributed by atoms with Crippen LogP contribution in [-0.2, 0) is 11.8 Å². The number of carbonyl (C=O) groups is 1. The monoisotopic (exact) mass is 233 g/mol. The Kier molecular flexibility index (Phi) is 2.95. The van der Waals surface area contributed by atoms with Gasteiger partial charge in [0.05, 0.1) is 5.69 Å². The van der Waals surface area contributed by atoms with Gasteiger partial charge in [-0.1, -0.05) is 0 Å². The third-order valence-electron chi connectivity index (χ3n) is 2.55. The summed E-state index contributed by atoms with van der Waals surface area (Å²) < 4.78 is 3.25. The summed E-state index contributed by atoms with van der Waals surface area (Å²) >= 11 is 0. The number of aryl methyl sites for hydroxylation is 2. The van der Waals surface area contributed by atoms with Crippen molar-refractivity contribution < 1.29 is 4.79 Å². The Labute approximate surface area is 99.2 Å². The minimum atomic E-state index is -0.347. The number of rotatable bonds is 3. The molecule has 0 spiro atoms. The molecule has 0 saturated carbocycles. The molecule has 1 N–H and O–H groups in total. The Balaban J connectivity index is 2.09. The summed E-state index contributed by atoms with van der Waals surface area (Å²) in [6.07, 6.45) is 3.41. The van der Waals surface area contributed by atoms with Gasteiger partial charge in [0, 0.05) is 25.5 Å². The number of hydrogen-bond acceptors (Lipinski definition) is 3. The molecule has 0 bridgehead atoms. The molecule has 2 heterocycles. The summed E-state index contributed by atoms with van der Waals surface area (Å²) in [7, 11) is 1.79. The van der Waals surface area contributed by atoms with E-state index >= 15 is 0 Å². The first-order valence-corrected chi connectivity index (χ1v) is 5.38. The first-order valence-electron chi connectivity index (χ1n) is 5.38. The van der Waals surface area contributed by atoms with Gasteiger partial charge in [-0.3, -0.25) is 14.2 Å². The van der Waals surface area contributed by atoms with Crippen molar-refractivity contribution in [1.29, 1.82) is 0 Å². The molecule has 0 aromatic carbocycles. The van der Waals surface area contributed by atoms with Gasteiger partial charge in [-0.2, -0.15) is 10.2 Å². The molecule has 1 atom stereocenters. The van der Waals surface area contributed by atoms with E-state index in [4.69, 9.17) is 0 Å². The lowest BCUT2D eigenvalue weighted by atomic mass is 10.3. The molecule has 0 aliphatic carbocycles. The van der Waals surface area contributed by atoms with Gasteiger partial charge in [0.15, 0.2) is 0 Å². The number of carbonyl (C=O) groups excluding carboxylic acids is 1. The third-order valence-corrected chi connectivity index (χ3v) is 2.55.